The second-order valence-corrected chi connectivity index (χ2v) is 6.77. The molecule has 0 aromatic heterocycles. The number of halogens is 1. The van der Waals surface area contributed by atoms with Gasteiger partial charge in [-0.25, -0.2) is 0 Å². The molecule has 0 bridgehead atoms. The number of rotatable bonds is 7. The molecule has 1 unspecified atom stereocenters. The van der Waals surface area contributed by atoms with Crippen molar-refractivity contribution in [1.82, 2.24) is 5.32 Å². The molecule has 2 aromatic carbocycles. The van der Waals surface area contributed by atoms with E-state index in [1.165, 1.54) is 0 Å². The van der Waals surface area contributed by atoms with Crippen molar-refractivity contribution in [3.05, 3.63) is 59.1 Å². The highest BCUT2D eigenvalue weighted by Crippen LogP contribution is 2.19. The van der Waals surface area contributed by atoms with Gasteiger partial charge in [0.05, 0.1) is 6.10 Å². The first-order valence-corrected chi connectivity index (χ1v) is 9.37. The van der Waals surface area contributed by atoms with E-state index in [0.717, 1.165) is 23.4 Å². The molecule has 6 heteroatoms. The molecule has 0 saturated heterocycles. The maximum absolute atomic E-state index is 12.1. The Morgan fingerprint density at radius 3 is 2.73 bits per heavy atom. The van der Waals surface area contributed by atoms with Crippen molar-refractivity contribution in [2.45, 2.75) is 39.2 Å². The zero-order valence-electron chi connectivity index (χ0n) is 14.9. The van der Waals surface area contributed by atoms with Crippen LogP contribution in [-0.4, -0.2) is 17.1 Å². The van der Waals surface area contributed by atoms with Crippen LogP contribution in [-0.2, 0) is 11.2 Å². The van der Waals surface area contributed by atoms with Gasteiger partial charge < -0.3 is 15.4 Å². The van der Waals surface area contributed by atoms with E-state index >= 15 is 0 Å². The highest BCUT2D eigenvalue weighted by molar-refractivity contribution is 7.80. The lowest BCUT2D eigenvalue weighted by Crippen LogP contribution is -2.34. The Labute approximate surface area is 164 Å². The zero-order chi connectivity index (χ0) is 18.9. The molecule has 0 aliphatic carbocycles. The second-order valence-electron chi connectivity index (χ2n) is 5.96. The summed E-state index contributed by atoms with van der Waals surface area (Å²) in [7, 11) is 0. The summed E-state index contributed by atoms with van der Waals surface area (Å²) in [4.78, 5) is 12.1. The third kappa shape index (κ3) is 6.65. The monoisotopic (exact) mass is 390 g/mol. The zero-order valence-corrected chi connectivity index (χ0v) is 16.5. The summed E-state index contributed by atoms with van der Waals surface area (Å²) in [6.45, 7) is 4.09. The van der Waals surface area contributed by atoms with Crippen LogP contribution in [0.2, 0.25) is 5.02 Å². The third-order valence-electron chi connectivity index (χ3n) is 3.84. The van der Waals surface area contributed by atoms with Crippen molar-refractivity contribution < 1.29 is 9.53 Å². The van der Waals surface area contributed by atoms with Crippen molar-refractivity contribution in [3.63, 3.8) is 0 Å². The number of anilines is 1. The SMILES string of the molecule is CCC(C)Oc1cccc(NC(=S)NC(=O)CCc2ccccc2Cl)c1. The number of hydrogen-bond acceptors (Lipinski definition) is 3. The second kappa shape index (κ2) is 10.1. The van der Waals surface area contributed by atoms with Gasteiger partial charge in [0.1, 0.15) is 5.75 Å². The van der Waals surface area contributed by atoms with Crippen molar-refractivity contribution in [1.29, 1.82) is 0 Å². The minimum Gasteiger partial charge on any atom is -0.491 e. The fraction of sp³-hybridized carbons (Fsp3) is 0.300. The average molecular weight is 391 g/mol. The first-order chi connectivity index (χ1) is 12.5. The van der Waals surface area contributed by atoms with E-state index in [0.29, 0.717) is 17.9 Å². The maximum atomic E-state index is 12.1. The molecule has 0 saturated carbocycles. The Hall–Kier alpha value is -2.11. The molecule has 0 fully saturated rings. The van der Waals surface area contributed by atoms with E-state index in [4.69, 9.17) is 28.6 Å². The Balaban J connectivity index is 1.83. The minimum atomic E-state index is -0.158. The van der Waals surface area contributed by atoms with Crippen LogP contribution in [0, 0.1) is 0 Å². The van der Waals surface area contributed by atoms with Gasteiger partial charge >= 0.3 is 0 Å². The van der Waals surface area contributed by atoms with Gasteiger partial charge in [0.2, 0.25) is 5.91 Å². The quantitative estimate of drug-likeness (QED) is 0.656. The number of nitrogens with one attached hydrogen (secondary N) is 2. The molecule has 0 spiro atoms. The fourth-order valence-electron chi connectivity index (χ4n) is 2.26. The molecule has 0 aliphatic rings. The van der Waals surface area contributed by atoms with Crippen molar-refractivity contribution in [3.8, 4) is 5.75 Å². The first kappa shape index (κ1) is 20.2. The maximum Gasteiger partial charge on any atom is 0.226 e. The molecule has 2 N–H and O–H groups in total. The number of carbonyl (C=O) groups excluding carboxylic acids is 1. The summed E-state index contributed by atoms with van der Waals surface area (Å²) in [6, 6.07) is 15.0. The number of hydrogen-bond donors (Lipinski definition) is 2. The average Bonchev–Trinajstić information content (AvgIpc) is 2.61. The number of carbonyl (C=O) groups is 1. The fourth-order valence-corrected chi connectivity index (χ4v) is 2.73. The summed E-state index contributed by atoms with van der Waals surface area (Å²) in [6.07, 6.45) is 1.94. The van der Waals surface area contributed by atoms with Gasteiger partial charge in [0, 0.05) is 23.2 Å². The van der Waals surface area contributed by atoms with E-state index in [1.807, 2.05) is 55.5 Å². The summed E-state index contributed by atoms with van der Waals surface area (Å²) in [5.41, 5.74) is 1.71. The predicted octanol–water partition coefficient (Wildman–Crippen LogP) is 4.96. The molecule has 0 radical (unpaired) electrons. The van der Waals surface area contributed by atoms with Crippen LogP contribution < -0.4 is 15.4 Å². The van der Waals surface area contributed by atoms with Gasteiger partial charge in [-0.2, -0.15) is 0 Å². The summed E-state index contributed by atoms with van der Waals surface area (Å²) >= 11 is 11.3. The number of amides is 1. The summed E-state index contributed by atoms with van der Waals surface area (Å²) in [5.74, 6) is 0.603. The number of aryl methyl sites for hydroxylation is 1. The first-order valence-electron chi connectivity index (χ1n) is 8.59. The molecule has 1 atom stereocenters. The van der Waals surface area contributed by atoms with Crippen molar-refractivity contribution >= 4 is 40.5 Å². The van der Waals surface area contributed by atoms with Gasteiger partial charge in [-0.15, -0.1) is 0 Å². The molecular weight excluding hydrogens is 368 g/mol. The molecule has 1 amide bonds. The van der Waals surface area contributed by atoms with Gasteiger partial charge in [0.15, 0.2) is 5.11 Å². The van der Waals surface area contributed by atoms with Crippen LogP contribution >= 0.6 is 23.8 Å². The van der Waals surface area contributed by atoms with E-state index in [2.05, 4.69) is 17.6 Å². The Morgan fingerprint density at radius 2 is 2.00 bits per heavy atom. The Kier molecular flexibility index (Phi) is 7.88. The van der Waals surface area contributed by atoms with E-state index in [-0.39, 0.29) is 17.1 Å². The minimum absolute atomic E-state index is 0.140. The van der Waals surface area contributed by atoms with Crippen LogP contribution in [0.3, 0.4) is 0 Å². The number of thiocarbonyl (C=S) groups is 1. The van der Waals surface area contributed by atoms with Crippen LogP contribution in [0.4, 0.5) is 5.69 Å². The van der Waals surface area contributed by atoms with Gasteiger partial charge in [-0.3, -0.25) is 4.79 Å². The third-order valence-corrected chi connectivity index (χ3v) is 4.41. The van der Waals surface area contributed by atoms with E-state index in [1.54, 1.807) is 0 Å². The normalized spacial score (nSPS) is 11.5. The lowest BCUT2D eigenvalue weighted by atomic mass is 10.1. The van der Waals surface area contributed by atoms with E-state index in [9.17, 15) is 4.79 Å². The smallest absolute Gasteiger partial charge is 0.226 e. The topological polar surface area (TPSA) is 50.4 Å². The number of benzene rings is 2. The van der Waals surface area contributed by atoms with Crippen LogP contribution in [0.1, 0.15) is 32.3 Å². The van der Waals surface area contributed by atoms with Gasteiger partial charge in [-0.05, 0) is 55.7 Å². The molecular formula is C20H23ClN2O2S. The Bertz CT molecular complexity index is 767. The highest BCUT2D eigenvalue weighted by atomic mass is 35.5. The number of ether oxygens (including phenoxy) is 1. The Morgan fingerprint density at radius 1 is 1.23 bits per heavy atom. The van der Waals surface area contributed by atoms with Gasteiger partial charge in [0.25, 0.3) is 0 Å². The lowest BCUT2D eigenvalue weighted by molar-refractivity contribution is -0.119. The molecule has 2 rings (SSSR count). The molecule has 138 valence electrons. The summed E-state index contributed by atoms with van der Waals surface area (Å²) in [5, 5.41) is 6.62. The van der Waals surface area contributed by atoms with Gasteiger partial charge in [-0.1, -0.05) is 42.8 Å². The largest absolute Gasteiger partial charge is 0.491 e. The predicted molar refractivity (Wildman–Crippen MR) is 111 cm³/mol. The molecule has 4 nitrogen and oxygen atoms in total. The van der Waals surface area contributed by atoms with Crippen LogP contribution in [0.25, 0.3) is 0 Å². The molecule has 2 aromatic rings. The van der Waals surface area contributed by atoms with Crippen molar-refractivity contribution in [2.24, 2.45) is 0 Å². The standard InChI is InChI=1S/C20H23ClN2O2S/c1-3-14(2)25-17-9-6-8-16(13-17)22-20(26)23-19(24)12-11-15-7-4-5-10-18(15)21/h4-10,13-14H,3,11-12H2,1-2H3,(H2,22,23,24,26). The molecule has 0 aliphatic heterocycles. The molecule has 26 heavy (non-hydrogen) atoms. The van der Waals surface area contributed by atoms with Crippen LogP contribution in [0.15, 0.2) is 48.5 Å². The highest BCUT2D eigenvalue weighted by Gasteiger charge is 2.08. The van der Waals surface area contributed by atoms with Crippen molar-refractivity contribution in [2.75, 3.05) is 5.32 Å². The van der Waals surface area contributed by atoms with Crippen LogP contribution in [0.5, 0.6) is 5.75 Å². The summed E-state index contributed by atoms with van der Waals surface area (Å²) < 4.78 is 5.78. The molecule has 0 heterocycles. The lowest BCUT2D eigenvalue weighted by Gasteiger charge is -2.14. The van der Waals surface area contributed by atoms with E-state index < -0.39 is 0 Å².